The molecule has 0 heterocycles. The van der Waals surface area contributed by atoms with Crippen molar-refractivity contribution in [3.8, 4) is 0 Å². The van der Waals surface area contributed by atoms with Crippen LogP contribution in [0.25, 0.3) is 0 Å². The number of nitrogens with one attached hydrogen (secondary N) is 1. The van der Waals surface area contributed by atoms with Crippen LogP contribution >= 0.6 is 0 Å². The molecule has 0 radical (unpaired) electrons. The highest BCUT2D eigenvalue weighted by molar-refractivity contribution is 4.74. The molecule has 0 aliphatic heterocycles. The van der Waals surface area contributed by atoms with E-state index in [1.165, 1.54) is 44.9 Å². The molecule has 0 aromatic rings. The van der Waals surface area contributed by atoms with Crippen molar-refractivity contribution in [2.24, 2.45) is 5.41 Å². The summed E-state index contributed by atoms with van der Waals surface area (Å²) in [4.78, 5) is 0. The summed E-state index contributed by atoms with van der Waals surface area (Å²) in [5.41, 5.74) is 0.509. The maximum absolute atomic E-state index is 3.33. The highest BCUT2D eigenvalue weighted by atomic mass is 14.9. The van der Waals surface area contributed by atoms with E-state index in [-0.39, 0.29) is 0 Å². The molecule has 1 heteroatoms. The fraction of sp³-hybridized carbons (Fsp3) is 1.00. The molecule has 0 aliphatic rings. The van der Waals surface area contributed by atoms with E-state index in [1.807, 2.05) is 0 Å². The minimum absolute atomic E-state index is 0.509. The molecule has 0 aliphatic carbocycles. The van der Waals surface area contributed by atoms with Crippen molar-refractivity contribution in [1.82, 2.24) is 5.32 Å². The fourth-order valence-corrected chi connectivity index (χ4v) is 2.24. The summed E-state index contributed by atoms with van der Waals surface area (Å²) in [5, 5.41) is 3.33. The van der Waals surface area contributed by atoms with Gasteiger partial charge in [0.25, 0.3) is 0 Å². The Kier molecular flexibility index (Phi) is 8.13. The molecule has 0 aromatic carbocycles. The maximum atomic E-state index is 3.33. The molecular formula is C14H31N. The van der Waals surface area contributed by atoms with Crippen LogP contribution in [0.4, 0.5) is 0 Å². The van der Waals surface area contributed by atoms with Gasteiger partial charge in [-0.25, -0.2) is 0 Å². The standard InChI is InChI=1S/C14H31N/c1-6-7-8-9-10-11-14(3,4)12-13(2)15-5/h13,15H,6-12H2,1-5H3. The second-order valence-corrected chi connectivity index (χ2v) is 5.72. The predicted octanol–water partition coefficient (Wildman–Crippen LogP) is 4.37. The van der Waals surface area contributed by atoms with Crippen LogP contribution in [0.3, 0.4) is 0 Å². The molecule has 1 nitrogen and oxygen atoms in total. The van der Waals surface area contributed by atoms with Crippen LogP contribution in [-0.4, -0.2) is 13.1 Å². The highest BCUT2D eigenvalue weighted by Crippen LogP contribution is 2.29. The van der Waals surface area contributed by atoms with Gasteiger partial charge in [-0.3, -0.25) is 0 Å². The number of unbranched alkanes of at least 4 members (excludes halogenated alkanes) is 4. The third-order valence-electron chi connectivity index (χ3n) is 3.31. The van der Waals surface area contributed by atoms with Gasteiger partial charge in [0.2, 0.25) is 0 Å². The molecule has 92 valence electrons. The van der Waals surface area contributed by atoms with Crippen LogP contribution in [0.5, 0.6) is 0 Å². The zero-order valence-electron chi connectivity index (χ0n) is 11.5. The summed E-state index contributed by atoms with van der Waals surface area (Å²) < 4.78 is 0. The highest BCUT2D eigenvalue weighted by Gasteiger charge is 2.19. The molecule has 0 saturated carbocycles. The number of hydrogen-bond donors (Lipinski definition) is 1. The molecule has 1 atom stereocenters. The first-order chi connectivity index (χ1) is 7.02. The lowest BCUT2D eigenvalue weighted by molar-refractivity contribution is 0.263. The van der Waals surface area contributed by atoms with E-state index in [0.717, 1.165) is 0 Å². The first kappa shape index (κ1) is 15.0. The van der Waals surface area contributed by atoms with Crippen LogP contribution in [0, 0.1) is 5.41 Å². The largest absolute Gasteiger partial charge is 0.317 e. The first-order valence-electron chi connectivity index (χ1n) is 6.69. The molecule has 1 N–H and O–H groups in total. The molecule has 0 aromatic heterocycles. The van der Waals surface area contributed by atoms with Crippen LogP contribution in [0.1, 0.15) is 72.6 Å². The SMILES string of the molecule is CCCCCCCC(C)(C)CC(C)NC. The molecule has 0 fully saturated rings. The van der Waals surface area contributed by atoms with E-state index >= 15 is 0 Å². The quantitative estimate of drug-likeness (QED) is 0.561. The Morgan fingerprint density at radius 3 is 2.20 bits per heavy atom. The molecular weight excluding hydrogens is 182 g/mol. The molecule has 1 unspecified atom stereocenters. The lowest BCUT2D eigenvalue weighted by Crippen LogP contribution is -2.28. The van der Waals surface area contributed by atoms with Gasteiger partial charge >= 0.3 is 0 Å². The fourth-order valence-electron chi connectivity index (χ4n) is 2.24. The molecule has 0 rings (SSSR count). The zero-order chi connectivity index (χ0) is 11.7. The van der Waals surface area contributed by atoms with Crippen molar-refractivity contribution in [2.45, 2.75) is 78.7 Å². The summed E-state index contributed by atoms with van der Waals surface area (Å²) in [6, 6.07) is 0.649. The first-order valence-corrected chi connectivity index (χ1v) is 6.69. The van der Waals surface area contributed by atoms with Gasteiger partial charge in [-0.2, -0.15) is 0 Å². The average Bonchev–Trinajstić information content (AvgIpc) is 2.16. The van der Waals surface area contributed by atoms with E-state index < -0.39 is 0 Å². The molecule has 0 saturated heterocycles. The van der Waals surface area contributed by atoms with Crippen molar-refractivity contribution < 1.29 is 0 Å². The van der Waals surface area contributed by atoms with Gasteiger partial charge in [-0.1, -0.05) is 52.9 Å². The summed E-state index contributed by atoms with van der Waals surface area (Å²) in [5.74, 6) is 0. The van der Waals surface area contributed by atoms with Crippen molar-refractivity contribution >= 4 is 0 Å². The van der Waals surface area contributed by atoms with Gasteiger partial charge in [0.1, 0.15) is 0 Å². The van der Waals surface area contributed by atoms with Crippen LogP contribution in [0.15, 0.2) is 0 Å². The van der Waals surface area contributed by atoms with Crippen molar-refractivity contribution in [3.05, 3.63) is 0 Å². The smallest absolute Gasteiger partial charge is 0.00408 e. The summed E-state index contributed by atoms with van der Waals surface area (Å²) >= 11 is 0. The molecule has 0 amide bonds. The van der Waals surface area contributed by atoms with Gasteiger partial charge < -0.3 is 5.32 Å². The minimum Gasteiger partial charge on any atom is -0.317 e. The minimum atomic E-state index is 0.509. The van der Waals surface area contributed by atoms with Gasteiger partial charge in [0.15, 0.2) is 0 Å². The average molecular weight is 213 g/mol. The summed E-state index contributed by atoms with van der Waals surface area (Å²) in [6.45, 7) is 9.36. The topological polar surface area (TPSA) is 12.0 Å². The Labute approximate surface area is 97.0 Å². The van der Waals surface area contributed by atoms with Gasteiger partial charge in [0.05, 0.1) is 0 Å². The number of hydrogen-bond acceptors (Lipinski definition) is 1. The van der Waals surface area contributed by atoms with E-state index in [4.69, 9.17) is 0 Å². The third-order valence-corrected chi connectivity index (χ3v) is 3.31. The van der Waals surface area contributed by atoms with Gasteiger partial charge in [-0.05, 0) is 32.2 Å². The Morgan fingerprint density at radius 2 is 1.67 bits per heavy atom. The second-order valence-electron chi connectivity index (χ2n) is 5.72. The Hall–Kier alpha value is -0.0400. The van der Waals surface area contributed by atoms with Crippen molar-refractivity contribution in [1.29, 1.82) is 0 Å². The van der Waals surface area contributed by atoms with E-state index in [2.05, 4.69) is 40.1 Å². The van der Waals surface area contributed by atoms with Crippen molar-refractivity contribution in [3.63, 3.8) is 0 Å². The van der Waals surface area contributed by atoms with E-state index in [0.29, 0.717) is 11.5 Å². The lowest BCUT2D eigenvalue weighted by Gasteiger charge is -2.28. The van der Waals surface area contributed by atoms with Gasteiger partial charge in [0, 0.05) is 6.04 Å². The third kappa shape index (κ3) is 8.92. The molecule has 0 bridgehead atoms. The monoisotopic (exact) mass is 213 g/mol. The van der Waals surface area contributed by atoms with Gasteiger partial charge in [-0.15, -0.1) is 0 Å². The Bertz CT molecular complexity index is 140. The Balaban J connectivity index is 3.55. The number of rotatable bonds is 9. The normalized spacial score (nSPS) is 14.2. The second kappa shape index (κ2) is 8.15. The molecule has 0 spiro atoms. The van der Waals surface area contributed by atoms with Crippen LogP contribution in [0.2, 0.25) is 0 Å². The summed E-state index contributed by atoms with van der Waals surface area (Å²) in [6.07, 6.45) is 9.68. The summed E-state index contributed by atoms with van der Waals surface area (Å²) in [7, 11) is 2.06. The van der Waals surface area contributed by atoms with Crippen LogP contribution < -0.4 is 5.32 Å². The van der Waals surface area contributed by atoms with E-state index in [1.54, 1.807) is 0 Å². The van der Waals surface area contributed by atoms with Crippen molar-refractivity contribution in [2.75, 3.05) is 7.05 Å². The molecule has 15 heavy (non-hydrogen) atoms. The van der Waals surface area contributed by atoms with Crippen LogP contribution in [-0.2, 0) is 0 Å². The predicted molar refractivity (Wildman–Crippen MR) is 70.3 cm³/mol. The maximum Gasteiger partial charge on any atom is 0.00408 e. The lowest BCUT2D eigenvalue weighted by atomic mass is 9.81. The van der Waals surface area contributed by atoms with E-state index in [9.17, 15) is 0 Å². The Morgan fingerprint density at radius 1 is 1.07 bits per heavy atom. The zero-order valence-corrected chi connectivity index (χ0v) is 11.5.